The molecule has 0 aromatic heterocycles. The normalized spacial score (nSPS) is 11.6. The summed E-state index contributed by atoms with van der Waals surface area (Å²) in [5.74, 6) is 0. The molecule has 0 unspecified atom stereocenters. The largest absolute Gasteiger partial charge is 0.418 e. The summed E-state index contributed by atoms with van der Waals surface area (Å²) >= 11 is 0. The molecule has 0 heterocycles. The molecule has 2 aromatic rings. The summed E-state index contributed by atoms with van der Waals surface area (Å²) in [5.41, 5.74) is 7.23. The molecule has 0 radical (unpaired) electrons. The molecule has 1 nitrogen and oxygen atoms in total. The van der Waals surface area contributed by atoms with Crippen LogP contribution >= 0.6 is 0 Å². The van der Waals surface area contributed by atoms with E-state index in [1.54, 1.807) is 6.07 Å². The van der Waals surface area contributed by atoms with E-state index in [0.29, 0.717) is 12.0 Å². The van der Waals surface area contributed by atoms with Crippen molar-refractivity contribution in [3.8, 4) is 0 Å². The van der Waals surface area contributed by atoms with E-state index in [1.165, 1.54) is 6.07 Å². The molecule has 0 fully saturated rings. The van der Waals surface area contributed by atoms with Crippen LogP contribution in [-0.2, 0) is 12.6 Å². The van der Waals surface area contributed by atoms with Gasteiger partial charge in [-0.3, -0.25) is 0 Å². The molecule has 0 atom stereocenters. The molecule has 2 aromatic carbocycles. The molecule has 0 spiro atoms. The fraction of sp³-hybridized carbons (Fsp3) is 0.200. The van der Waals surface area contributed by atoms with Gasteiger partial charge in [-0.25, -0.2) is 0 Å². The Morgan fingerprint density at radius 3 is 2.21 bits per heavy atom. The van der Waals surface area contributed by atoms with Gasteiger partial charge in [0.05, 0.1) is 5.56 Å². The third-order valence-corrected chi connectivity index (χ3v) is 3.02. The quantitative estimate of drug-likeness (QED) is 0.810. The molecule has 100 valence electrons. The number of nitrogen functional groups attached to an aromatic ring is 1. The van der Waals surface area contributed by atoms with E-state index in [1.807, 2.05) is 31.2 Å². The molecule has 0 amide bonds. The van der Waals surface area contributed by atoms with E-state index in [2.05, 4.69) is 0 Å². The first kappa shape index (κ1) is 13.5. The first-order chi connectivity index (χ1) is 8.88. The van der Waals surface area contributed by atoms with Crippen molar-refractivity contribution in [2.45, 2.75) is 19.5 Å². The lowest BCUT2D eigenvalue weighted by molar-refractivity contribution is -0.136. The topological polar surface area (TPSA) is 26.0 Å². The highest BCUT2D eigenvalue weighted by Crippen LogP contribution is 2.35. The van der Waals surface area contributed by atoms with Crippen molar-refractivity contribution in [3.05, 3.63) is 64.7 Å². The van der Waals surface area contributed by atoms with Gasteiger partial charge in [-0.1, -0.05) is 42.0 Å². The maximum atomic E-state index is 12.7. The van der Waals surface area contributed by atoms with Crippen LogP contribution in [0.25, 0.3) is 0 Å². The van der Waals surface area contributed by atoms with Crippen LogP contribution in [0.3, 0.4) is 0 Å². The van der Waals surface area contributed by atoms with Gasteiger partial charge in [-0.15, -0.1) is 0 Å². The Kier molecular flexibility index (Phi) is 3.51. The summed E-state index contributed by atoms with van der Waals surface area (Å²) in [6.07, 6.45) is -4.01. The summed E-state index contributed by atoms with van der Waals surface area (Å²) in [6, 6.07) is 11.7. The van der Waals surface area contributed by atoms with Gasteiger partial charge in [0.15, 0.2) is 0 Å². The monoisotopic (exact) mass is 265 g/mol. The zero-order valence-corrected chi connectivity index (χ0v) is 10.5. The number of anilines is 1. The van der Waals surface area contributed by atoms with Crippen molar-refractivity contribution in [2.75, 3.05) is 5.73 Å². The third-order valence-electron chi connectivity index (χ3n) is 3.02. The lowest BCUT2D eigenvalue weighted by Crippen LogP contribution is -2.10. The highest BCUT2D eigenvalue weighted by atomic mass is 19.4. The number of halogens is 3. The molecule has 0 aliphatic rings. The minimum atomic E-state index is -4.41. The average Bonchev–Trinajstić information content (AvgIpc) is 2.33. The Balaban J connectivity index is 2.33. The maximum absolute atomic E-state index is 12.7. The van der Waals surface area contributed by atoms with Crippen molar-refractivity contribution in [2.24, 2.45) is 0 Å². The lowest BCUT2D eigenvalue weighted by atomic mass is 9.99. The SMILES string of the molecule is Cc1ccc(Cc2cccc(C(F)(F)F)c2N)cc1. The van der Waals surface area contributed by atoms with Crippen molar-refractivity contribution in [3.63, 3.8) is 0 Å². The number of nitrogens with two attached hydrogens (primary N) is 1. The van der Waals surface area contributed by atoms with Crippen LogP contribution in [0.1, 0.15) is 22.3 Å². The number of alkyl halides is 3. The molecule has 0 saturated heterocycles. The minimum absolute atomic E-state index is 0.185. The standard InChI is InChI=1S/C15H14F3N/c1-10-5-7-11(8-6-10)9-12-3-2-4-13(14(12)19)15(16,17)18/h2-8H,9,19H2,1H3. The Morgan fingerprint density at radius 2 is 1.63 bits per heavy atom. The fourth-order valence-electron chi connectivity index (χ4n) is 1.94. The van der Waals surface area contributed by atoms with Crippen LogP contribution in [0.5, 0.6) is 0 Å². The smallest absolute Gasteiger partial charge is 0.398 e. The number of benzene rings is 2. The van der Waals surface area contributed by atoms with Crippen LogP contribution in [0, 0.1) is 6.92 Å². The van der Waals surface area contributed by atoms with Gasteiger partial charge in [0.1, 0.15) is 0 Å². The highest BCUT2D eigenvalue weighted by molar-refractivity contribution is 5.56. The van der Waals surface area contributed by atoms with Crippen molar-refractivity contribution < 1.29 is 13.2 Å². The Hall–Kier alpha value is -1.97. The first-order valence-corrected chi connectivity index (χ1v) is 5.88. The fourth-order valence-corrected chi connectivity index (χ4v) is 1.94. The molecule has 2 N–H and O–H groups in total. The zero-order valence-electron chi connectivity index (χ0n) is 10.5. The van der Waals surface area contributed by atoms with Gasteiger partial charge in [0.25, 0.3) is 0 Å². The molecule has 0 aliphatic carbocycles. The van der Waals surface area contributed by atoms with E-state index in [4.69, 9.17) is 5.73 Å². The molecular weight excluding hydrogens is 251 g/mol. The van der Waals surface area contributed by atoms with Crippen molar-refractivity contribution >= 4 is 5.69 Å². The van der Waals surface area contributed by atoms with Gasteiger partial charge in [-0.2, -0.15) is 13.2 Å². The molecule has 19 heavy (non-hydrogen) atoms. The molecule has 0 bridgehead atoms. The van der Waals surface area contributed by atoms with Crippen LogP contribution in [0.4, 0.5) is 18.9 Å². The van der Waals surface area contributed by atoms with E-state index < -0.39 is 11.7 Å². The molecule has 0 aliphatic heterocycles. The summed E-state index contributed by atoms with van der Waals surface area (Å²) in [6.45, 7) is 1.96. The second kappa shape index (κ2) is 4.96. The lowest BCUT2D eigenvalue weighted by Gasteiger charge is -2.13. The Bertz CT molecular complexity index is 571. The first-order valence-electron chi connectivity index (χ1n) is 5.88. The summed E-state index contributed by atoms with van der Waals surface area (Å²) in [5, 5.41) is 0. The van der Waals surface area contributed by atoms with E-state index in [9.17, 15) is 13.2 Å². The molecule has 2 rings (SSSR count). The van der Waals surface area contributed by atoms with Crippen LogP contribution < -0.4 is 5.73 Å². The number of aryl methyl sites for hydroxylation is 1. The molecular formula is C15H14F3N. The Morgan fingerprint density at radius 1 is 1.00 bits per heavy atom. The van der Waals surface area contributed by atoms with Gasteiger partial charge in [-0.05, 0) is 30.5 Å². The second-order valence-corrected chi connectivity index (χ2v) is 4.54. The van der Waals surface area contributed by atoms with Gasteiger partial charge >= 0.3 is 6.18 Å². The summed E-state index contributed by atoms with van der Waals surface area (Å²) < 4.78 is 38.2. The van der Waals surface area contributed by atoms with E-state index >= 15 is 0 Å². The summed E-state index contributed by atoms with van der Waals surface area (Å²) in [4.78, 5) is 0. The molecule has 0 saturated carbocycles. The number of hydrogen-bond donors (Lipinski definition) is 1. The van der Waals surface area contributed by atoms with Crippen molar-refractivity contribution in [1.82, 2.24) is 0 Å². The number of rotatable bonds is 2. The van der Waals surface area contributed by atoms with E-state index in [0.717, 1.165) is 17.2 Å². The third kappa shape index (κ3) is 3.08. The Labute approximate surface area is 109 Å². The zero-order chi connectivity index (χ0) is 14.0. The predicted octanol–water partition coefficient (Wildman–Crippen LogP) is 4.19. The van der Waals surface area contributed by atoms with Gasteiger partial charge in [0.2, 0.25) is 0 Å². The number of para-hydroxylation sites is 1. The average molecular weight is 265 g/mol. The second-order valence-electron chi connectivity index (χ2n) is 4.54. The molecule has 4 heteroatoms. The highest BCUT2D eigenvalue weighted by Gasteiger charge is 2.33. The predicted molar refractivity (Wildman–Crippen MR) is 69.8 cm³/mol. The van der Waals surface area contributed by atoms with E-state index in [-0.39, 0.29) is 5.69 Å². The van der Waals surface area contributed by atoms with Crippen LogP contribution in [-0.4, -0.2) is 0 Å². The van der Waals surface area contributed by atoms with Gasteiger partial charge in [0, 0.05) is 5.69 Å². The summed E-state index contributed by atoms with van der Waals surface area (Å²) in [7, 11) is 0. The van der Waals surface area contributed by atoms with Crippen LogP contribution in [0.2, 0.25) is 0 Å². The minimum Gasteiger partial charge on any atom is -0.398 e. The number of hydrogen-bond acceptors (Lipinski definition) is 1. The maximum Gasteiger partial charge on any atom is 0.418 e. The van der Waals surface area contributed by atoms with Gasteiger partial charge < -0.3 is 5.73 Å². The van der Waals surface area contributed by atoms with Crippen molar-refractivity contribution in [1.29, 1.82) is 0 Å². The van der Waals surface area contributed by atoms with Crippen LogP contribution in [0.15, 0.2) is 42.5 Å².